The normalized spacial score (nSPS) is 10.2. The summed E-state index contributed by atoms with van der Waals surface area (Å²) in [6.07, 6.45) is 2.56. The van der Waals surface area contributed by atoms with E-state index in [1.165, 1.54) is 0 Å². The van der Waals surface area contributed by atoms with Crippen LogP contribution in [0.1, 0.15) is 11.3 Å². The summed E-state index contributed by atoms with van der Waals surface area (Å²) in [6, 6.07) is 9.81. The smallest absolute Gasteiger partial charge is 0.0490 e. The number of nitrogens with two attached hydrogens (primary N) is 1. The number of para-hydroxylation sites is 1. The van der Waals surface area contributed by atoms with Gasteiger partial charge in [-0.15, -0.1) is 0 Å². The molecule has 0 aliphatic rings. The summed E-state index contributed by atoms with van der Waals surface area (Å²) in [5, 5.41) is 6.79. The number of aromatic amines is 1. The predicted molar refractivity (Wildman–Crippen MR) is 52.2 cm³/mol. The van der Waals surface area contributed by atoms with Gasteiger partial charge in [-0.05, 0) is 17.7 Å². The third kappa shape index (κ3) is 1.69. The third-order valence-corrected chi connectivity index (χ3v) is 1.99. The number of rotatable bonds is 2. The fourth-order valence-electron chi connectivity index (χ4n) is 1.28. The summed E-state index contributed by atoms with van der Waals surface area (Å²) in [5.41, 5.74) is 8.85. The van der Waals surface area contributed by atoms with E-state index in [2.05, 4.69) is 10.2 Å². The molecule has 0 saturated carbocycles. The Hall–Kier alpha value is -1.77. The average molecular weight is 173 g/mol. The van der Waals surface area contributed by atoms with Gasteiger partial charge in [0.25, 0.3) is 0 Å². The van der Waals surface area contributed by atoms with Gasteiger partial charge in [0.2, 0.25) is 0 Å². The second-order valence-corrected chi connectivity index (χ2v) is 2.96. The van der Waals surface area contributed by atoms with Crippen LogP contribution in [0, 0.1) is 0 Å². The van der Waals surface area contributed by atoms with Crippen LogP contribution in [0.3, 0.4) is 0 Å². The molecule has 13 heavy (non-hydrogen) atoms. The van der Waals surface area contributed by atoms with Crippen LogP contribution in [-0.4, -0.2) is 10.2 Å². The minimum atomic E-state index is 0.812. The number of aromatic nitrogens is 2. The molecule has 2 rings (SSSR count). The fraction of sp³-hybridized carbons (Fsp3) is 0.100. The van der Waals surface area contributed by atoms with E-state index in [0.717, 1.165) is 23.4 Å². The van der Waals surface area contributed by atoms with Crippen LogP contribution in [0.25, 0.3) is 0 Å². The molecule has 3 heteroatoms. The van der Waals surface area contributed by atoms with Gasteiger partial charge in [0.1, 0.15) is 0 Å². The van der Waals surface area contributed by atoms with E-state index in [4.69, 9.17) is 5.73 Å². The Morgan fingerprint density at radius 2 is 2.08 bits per heavy atom. The highest BCUT2D eigenvalue weighted by molar-refractivity contribution is 5.47. The Balaban J connectivity index is 2.24. The molecule has 0 aliphatic carbocycles. The van der Waals surface area contributed by atoms with E-state index in [-0.39, 0.29) is 0 Å². The van der Waals surface area contributed by atoms with Gasteiger partial charge in [0.15, 0.2) is 0 Å². The topological polar surface area (TPSA) is 54.7 Å². The largest absolute Gasteiger partial charge is 0.398 e. The predicted octanol–water partition coefficient (Wildman–Crippen LogP) is 1.58. The molecule has 66 valence electrons. The molecule has 1 aromatic carbocycles. The Bertz CT molecular complexity index is 379. The maximum Gasteiger partial charge on any atom is 0.0490 e. The van der Waals surface area contributed by atoms with E-state index in [1.54, 1.807) is 6.20 Å². The van der Waals surface area contributed by atoms with Gasteiger partial charge in [-0.1, -0.05) is 18.2 Å². The quantitative estimate of drug-likeness (QED) is 0.677. The number of hydrogen-bond acceptors (Lipinski definition) is 2. The summed E-state index contributed by atoms with van der Waals surface area (Å²) in [7, 11) is 0. The Morgan fingerprint density at radius 1 is 1.23 bits per heavy atom. The van der Waals surface area contributed by atoms with Crippen molar-refractivity contribution in [3.8, 4) is 0 Å². The first-order chi connectivity index (χ1) is 6.36. The van der Waals surface area contributed by atoms with E-state index < -0.39 is 0 Å². The number of anilines is 1. The van der Waals surface area contributed by atoms with Gasteiger partial charge in [0.05, 0.1) is 0 Å². The van der Waals surface area contributed by atoms with Crippen molar-refractivity contribution < 1.29 is 0 Å². The molecule has 0 radical (unpaired) electrons. The minimum Gasteiger partial charge on any atom is -0.398 e. The zero-order valence-electron chi connectivity index (χ0n) is 7.20. The summed E-state index contributed by atoms with van der Waals surface area (Å²) in [6.45, 7) is 0. The van der Waals surface area contributed by atoms with Crippen LogP contribution < -0.4 is 5.73 Å². The van der Waals surface area contributed by atoms with Crippen LogP contribution >= 0.6 is 0 Å². The summed E-state index contributed by atoms with van der Waals surface area (Å²) < 4.78 is 0. The molecule has 2 aromatic rings. The lowest BCUT2D eigenvalue weighted by atomic mass is 10.1. The average Bonchev–Trinajstić information content (AvgIpc) is 2.61. The summed E-state index contributed by atoms with van der Waals surface area (Å²) >= 11 is 0. The number of H-pyrrole nitrogens is 1. The lowest BCUT2D eigenvalue weighted by molar-refractivity contribution is 0.998. The lowest BCUT2D eigenvalue weighted by Gasteiger charge is -2.02. The van der Waals surface area contributed by atoms with Gasteiger partial charge in [-0.3, -0.25) is 5.10 Å². The number of nitrogens with one attached hydrogen (secondary N) is 1. The summed E-state index contributed by atoms with van der Waals surface area (Å²) in [4.78, 5) is 0. The molecule has 0 aliphatic heterocycles. The molecule has 0 amide bonds. The first-order valence-corrected chi connectivity index (χ1v) is 4.18. The highest BCUT2D eigenvalue weighted by Gasteiger charge is 1.99. The van der Waals surface area contributed by atoms with Crippen molar-refractivity contribution in [3.05, 3.63) is 47.8 Å². The number of hydrogen-bond donors (Lipinski definition) is 2. The second-order valence-electron chi connectivity index (χ2n) is 2.96. The van der Waals surface area contributed by atoms with Crippen LogP contribution in [0.4, 0.5) is 5.69 Å². The van der Waals surface area contributed by atoms with Crippen LogP contribution in [0.2, 0.25) is 0 Å². The van der Waals surface area contributed by atoms with Crippen molar-refractivity contribution in [2.75, 3.05) is 5.73 Å². The zero-order valence-corrected chi connectivity index (χ0v) is 7.20. The van der Waals surface area contributed by atoms with Gasteiger partial charge in [-0.25, -0.2) is 0 Å². The molecule has 0 bridgehead atoms. The molecule has 3 N–H and O–H groups in total. The number of nitrogens with zero attached hydrogens (tertiary/aromatic N) is 1. The summed E-state index contributed by atoms with van der Waals surface area (Å²) in [5.74, 6) is 0. The maximum absolute atomic E-state index is 5.80. The monoisotopic (exact) mass is 173 g/mol. The zero-order chi connectivity index (χ0) is 9.10. The van der Waals surface area contributed by atoms with Crippen LogP contribution in [-0.2, 0) is 6.42 Å². The van der Waals surface area contributed by atoms with Crippen molar-refractivity contribution in [2.45, 2.75) is 6.42 Å². The van der Waals surface area contributed by atoms with E-state index in [1.807, 2.05) is 30.3 Å². The highest BCUT2D eigenvalue weighted by atomic mass is 15.1. The maximum atomic E-state index is 5.80. The minimum absolute atomic E-state index is 0.812. The van der Waals surface area contributed by atoms with E-state index in [9.17, 15) is 0 Å². The van der Waals surface area contributed by atoms with Gasteiger partial charge < -0.3 is 5.73 Å². The Morgan fingerprint density at radius 3 is 2.77 bits per heavy atom. The number of nitrogen functional groups attached to an aromatic ring is 1. The molecule has 1 heterocycles. The molecule has 0 unspecified atom stereocenters. The van der Waals surface area contributed by atoms with Crippen molar-refractivity contribution in [3.63, 3.8) is 0 Å². The van der Waals surface area contributed by atoms with Crippen LogP contribution in [0.5, 0.6) is 0 Å². The van der Waals surface area contributed by atoms with E-state index >= 15 is 0 Å². The van der Waals surface area contributed by atoms with Gasteiger partial charge >= 0.3 is 0 Å². The van der Waals surface area contributed by atoms with Gasteiger partial charge in [0, 0.05) is 24.0 Å². The first kappa shape index (κ1) is 7.86. The van der Waals surface area contributed by atoms with Crippen LogP contribution in [0.15, 0.2) is 36.5 Å². The Kier molecular flexibility index (Phi) is 2.00. The molecular formula is C10H11N3. The van der Waals surface area contributed by atoms with Crippen molar-refractivity contribution >= 4 is 5.69 Å². The molecule has 0 atom stereocenters. The molecular weight excluding hydrogens is 162 g/mol. The highest BCUT2D eigenvalue weighted by Crippen LogP contribution is 2.13. The molecule has 0 fully saturated rings. The molecule has 1 aromatic heterocycles. The second kappa shape index (κ2) is 3.31. The SMILES string of the molecule is Nc1ccccc1Cc1ccn[nH]1. The van der Waals surface area contributed by atoms with Crippen molar-refractivity contribution in [1.29, 1.82) is 0 Å². The third-order valence-electron chi connectivity index (χ3n) is 1.99. The lowest BCUT2D eigenvalue weighted by Crippen LogP contribution is -1.95. The molecule has 0 saturated heterocycles. The standard InChI is InChI=1S/C10H11N3/c11-10-4-2-1-3-8(10)7-9-5-6-12-13-9/h1-6H,7,11H2,(H,12,13). The molecule has 0 spiro atoms. The molecule has 3 nitrogen and oxygen atoms in total. The van der Waals surface area contributed by atoms with Crippen molar-refractivity contribution in [2.24, 2.45) is 0 Å². The fourth-order valence-corrected chi connectivity index (χ4v) is 1.28. The first-order valence-electron chi connectivity index (χ1n) is 4.18. The van der Waals surface area contributed by atoms with Crippen molar-refractivity contribution in [1.82, 2.24) is 10.2 Å². The van der Waals surface area contributed by atoms with E-state index in [0.29, 0.717) is 0 Å². The van der Waals surface area contributed by atoms with Gasteiger partial charge in [-0.2, -0.15) is 5.10 Å². The Labute approximate surface area is 76.6 Å². The number of benzene rings is 1.